The molecule has 18 heavy (non-hydrogen) atoms. The largest absolute Gasteiger partial charge is 0.373 e. The van der Waals surface area contributed by atoms with Gasteiger partial charge in [-0.05, 0) is 26.0 Å². The number of rotatable bonds is 4. The van der Waals surface area contributed by atoms with Crippen molar-refractivity contribution in [3.8, 4) is 0 Å². The second-order valence-electron chi connectivity index (χ2n) is 4.00. The van der Waals surface area contributed by atoms with Crippen LogP contribution >= 0.6 is 0 Å². The smallest absolute Gasteiger partial charge is 0.141 e. The first-order valence-corrected chi connectivity index (χ1v) is 6.09. The lowest BCUT2D eigenvalue weighted by molar-refractivity contribution is 0.963. The van der Waals surface area contributed by atoms with E-state index in [0.717, 1.165) is 29.4 Å². The summed E-state index contributed by atoms with van der Waals surface area (Å²) in [5.74, 6) is 1.82. The van der Waals surface area contributed by atoms with Crippen molar-refractivity contribution in [3.05, 3.63) is 42.2 Å². The van der Waals surface area contributed by atoms with Crippen molar-refractivity contribution < 1.29 is 0 Å². The fourth-order valence-corrected chi connectivity index (χ4v) is 2.03. The number of hydrogen-bond donors (Lipinski definition) is 1. The van der Waals surface area contributed by atoms with Crippen LogP contribution in [0.1, 0.15) is 12.5 Å². The number of para-hydroxylation sites is 1. The zero-order valence-corrected chi connectivity index (χ0v) is 11.0. The van der Waals surface area contributed by atoms with Crippen LogP contribution in [0.5, 0.6) is 0 Å². The lowest BCUT2D eigenvalue weighted by Crippen LogP contribution is -2.19. The summed E-state index contributed by atoms with van der Waals surface area (Å²) in [7, 11) is 1.87. The Bertz CT molecular complexity index is 510. The van der Waals surface area contributed by atoms with Crippen LogP contribution in [0, 0.1) is 6.92 Å². The van der Waals surface area contributed by atoms with E-state index in [0.29, 0.717) is 0 Å². The molecule has 4 heteroatoms. The van der Waals surface area contributed by atoms with Crippen LogP contribution < -0.4 is 10.2 Å². The highest BCUT2D eigenvalue weighted by atomic mass is 15.2. The van der Waals surface area contributed by atoms with E-state index in [1.54, 1.807) is 6.33 Å². The van der Waals surface area contributed by atoms with Crippen molar-refractivity contribution in [3.63, 3.8) is 0 Å². The molecule has 0 saturated carbocycles. The van der Waals surface area contributed by atoms with E-state index in [1.165, 1.54) is 0 Å². The van der Waals surface area contributed by atoms with Gasteiger partial charge in [0, 0.05) is 24.8 Å². The van der Waals surface area contributed by atoms with Gasteiger partial charge in [-0.3, -0.25) is 0 Å². The topological polar surface area (TPSA) is 41.1 Å². The minimum Gasteiger partial charge on any atom is -0.373 e. The SMILES string of the molecule is CCN(c1ccccc1)c1ncnc(NC)c1C. The third kappa shape index (κ3) is 2.27. The number of benzene rings is 1. The minimum atomic E-state index is 0.866. The van der Waals surface area contributed by atoms with Gasteiger partial charge in [0.1, 0.15) is 18.0 Å². The monoisotopic (exact) mass is 242 g/mol. The normalized spacial score (nSPS) is 10.2. The summed E-state index contributed by atoms with van der Waals surface area (Å²) in [6.07, 6.45) is 1.60. The Balaban J connectivity index is 2.46. The van der Waals surface area contributed by atoms with E-state index in [9.17, 15) is 0 Å². The van der Waals surface area contributed by atoms with Gasteiger partial charge in [-0.25, -0.2) is 9.97 Å². The maximum absolute atomic E-state index is 4.41. The molecule has 0 saturated heterocycles. The van der Waals surface area contributed by atoms with Crippen LogP contribution in [0.4, 0.5) is 17.3 Å². The van der Waals surface area contributed by atoms with Crippen molar-refractivity contribution in [2.75, 3.05) is 23.8 Å². The van der Waals surface area contributed by atoms with E-state index in [1.807, 2.05) is 32.2 Å². The fourth-order valence-electron chi connectivity index (χ4n) is 2.03. The molecule has 0 aliphatic rings. The summed E-state index contributed by atoms with van der Waals surface area (Å²) in [6.45, 7) is 5.02. The third-order valence-corrected chi connectivity index (χ3v) is 2.93. The summed E-state index contributed by atoms with van der Waals surface area (Å²) < 4.78 is 0. The fraction of sp³-hybridized carbons (Fsp3) is 0.286. The van der Waals surface area contributed by atoms with Gasteiger partial charge < -0.3 is 10.2 Å². The van der Waals surface area contributed by atoms with Gasteiger partial charge in [0.25, 0.3) is 0 Å². The molecule has 0 amide bonds. The Labute approximate surface area is 108 Å². The molecular weight excluding hydrogens is 224 g/mol. The second kappa shape index (κ2) is 5.49. The summed E-state index contributed by atoms with van der Waals surface area (Å²) >= 11 is 0. The zero-order valence-electron chi connectivity index (χ0n) is 11.0. The molecule has 0 unspecified atom stereocenters. The van der Waals surface area contributed by atoms with Crippen LogP contribution in [0.3, 0.4) is 0 Å². The Morgan fingerprint density at radius 1 is 1.17 bits per heavy atom. The summed E-state index contributed by atoms with van der Waals surface area (Å²) in [4.78, 5) is 10.8. The van der Waals surface area contributed by atoms with Gasteiger partial charge in [-0.2, -0.15) is 0 Å². The van der Waals surface area contributed by atoms with Gasteiger partial charge >= 0.3 is 0 Å². The minimum absolute atomic E-state index is 0.866. The molecule has 0 aliphatic carbocycles. The predicted octanol–water partition coefficient (Wildman–Crippen LogP) is 2.98. The summed E-state index contributed by atoms with van der Waals surface area (Å²) in [5.41, 5.74) is 2.20. The van der Waals surface area contributed by atoms with Gasteiger partial charge in [0.05, 0.1) is 0 Å². The standard InChI is InChI=1S/C14H18N4/c1-4-18(12-8-6-5-7-9-12)14-11(2)13(15-3)16-10-17-14/h5-10H,4H2,1-3H3,(H,15,16,17). The number of nitrogens with zero attached hydrogens (tertiary/aromatic N) is 3. The number of aromatic nitrogens is 2. The lowest BCUT2D eigenvalue weighted by atomic mass is 10.2. The predicted molar refractivity (Wildman–Crippen MR) is 75.4 cm³/mol. The van der Waals surface area contributed by atoms with Gasteiger partial charge in [0.2, 0.25) is 0 Å². The lowest BCUT2D eigenvalue weighted by Gasteiger charge is -2.24. The molecule has 1 heterocycles. The van der Waals surface area contributed by atoms with Gasteiger partial charge in [-0.15, -0.1) is 0 Å². The number of hydrogen-bond acceptors (Lipinski definition) is 4. The molecule has 0 radical (unpaired) electrons. The Morgan fingerprint density at radius 3 is 2.50 bits per heavy atom. The zero-order chi connectivity index (χ0) is 13.0. The van der Waals surface area contributed by atoms with Gasteiger partial charge in [-0.1, -0.05) is 18.2 Å². The summed E-state index contributed by atoms with van der Waals surface area (Å²) in [5, 5.41) is 3.09. The highest BCUT2D eigenvalue weighted by molar-refractivity contribution is 5.66. The maximum Gasteiger partial charge on any atom is 0.141 e. The molecule has 0 fully saturated rings. The highest BCUT2D eigenvalue weighted by Crippen LogP contribution is 2.28. The van der Waals surface area contributed by atoms with Crippen molar-refractivity contribution in [1.82, 2.24) is 9.97 Å². The quantitative estimate of drug-likeness (QED) is 0.895. The Kier molecular flexibility index (Phi) is 3.77. The molecule has 0 bridgehead atoms. The van der Waals surface area contributed by atoms with Crippen LogP contribution in [0.2, 0.25) is 0 Å². The Hall–Kier alpha value is -2.10. The molecular formula is C14H18N4. The van der Waals surface area contributed by atoms with Crippen LogP contribution in [0.15, 0.2) is 36.7 Å². The van der Waals surface area contributed by atoms with Crippen LogP contribution in [-0.2, 0) is 0 Å². The van der Waals surface area contributed by atoms with Crippen molar-refractivity contribution in [2.24, 2.45) is 0 Å². The molecule has 1 aromatic heterocycles. The molecule has 1 aromatic carbocycles. The molecule has 2 rings (SSSR count). The van der Waals surface area contributed by atoms with Crippen molar-refractivity contribution in [2.45, 2.75) is 13.8 Å². The average molecular weight is 242 g/mol. The van der Waals surface area contributed by atoms with Crippen molar-refractivity contribution in [1.29, 1.82) is 0 Å². The van der Waals surface area contributed by atoms with E-state index in [-0.39, 0.29) is 0 Å². The van der Waals surface area contributed by atoms with E-state index < -0.39 is 0 Å². The molecule has 94 valence electrons. The molecule has 0 aliphatic heterocycles. The van der Waals surface area contributed by atoms with E-state index in [2.05, 4.69) is 39.2 Å². The number of nitrogens with one attached hydrogen (secondary N) is 1. The highest BCUT2D eigenvalue weighted by Gasteiger charge is 2.13. The second-order valence-corrected chi connectivity index (χ2v) is 4.00. The molecule has 4 nitrogen and oxygen atoms in total. The average Bonchev–Trinajstić information content (AvgIpc) is 2.43. The van der Waals surface area contributed by atoms with E-state index in [4.69, 9.17) is 0 Å². The van der Waals surface area contributed by atoms with Crippen LogP contribution in [-0.4, -0.2) is 23.6 Å². The van der Waals surface area contributed by atoms with Gasteiger partial charge in [0.15, 0.2) is 0 Å². The first kappa shape index (κ1) is 12.4. The van der Waals surface area contributed by atoms with Crippen molar-refractivity contribution >= 4 is 17.3 Å². The first-order valence-electron chi connectivity index (χ1n) is 6.09. The first-order chi connectivity index (χ1) is 8.77. The number of anilines is 3. The van der Waals surface area contributed by atoms with Crippen LogP contribution in [0.25, 0.3) is 0 Å². The molecule has 1 N–H and O–H groups in total. The molecule has 0 atom stereocenters. The summed E-state index contributed by atoms with van der Waals surface area (Å²) in [6, 6.07) is 10.3. The third-order valence-electron chi connectivity index (χ3n) is 2.93. The molecule has 0 spiro atoms. The maximum atomic E-state index is 4.41. The van der Waals surface area contributed by atoms with E-state index >= 15 is 0 Å². The molecule has 2 aromatic rings. The Morgan fingerprint density at radius 2 is 1.89 bits per heavy atom.